The second-order valence-corrected chi connectivity index (χ2v) is 7.08. The minimum Gasteiger partial charge on any atom is -0.369 e. The van der Waals surface area contributed by atoms with Crippen LogP contribution in [0.25, 0.3) is 11.2 Å². The molecule has 3 heterocycles. The van der Waals surface area contributed by atoms with Crippen LogP contribution in [0, 0.1) is 12.8 Å². The van der Waals surface area contributed by atoms with Crippen LogP contribution in [0.3, 0.4) is 0 Å². The molecule has 6 heteroatoms. The monoisotopic (exact) mass is 361 g/mol. The summed E-state index contributed by atoms with van der Waals surface area (Å²) in [7, 11) is 0. The number of pyridine rings is 1. The van der Waals surface area contributed by atoms with Gasteiger partial charge in [0.25, 0.3) is 0 Å². The van der Waals surface area contributed by atoms with E-state index in [4.69, 9.17) is 0 Å². The SMILES string of the molecule is Cc1cccc(CNC(=O)C2CCCN(c3cnc4nccnc4c3)C2)c1. The molecule has 1 N–H and O–H groups in total. The summed E-state index contributed by atoms with van der Waals surface area (Å²) >= 11 is 0. The van der Waals surface area contributed by atoms with Crippen molar-refractivity contribution in [3.63, 3.8) is 0 Å². The first kappa shape index (κ1) is 17.4. The largest absolute Gasteiger partial charge is 0.369 e. The molecule has 1 unspecified atom stereocenters. The van der Waals surface area contributed by atoms with Crippen molar-refractivity contribution >= 4 is 22.8 Å². The lowest BCUT2D eigenvalue weighted by molar-refractivity contribution is -0.125. The second kappa shape index (κ2) is 7.70. The molecule has 1 amide bonds. The van der Waals surface area contributed by atoms with Crippen molar-refractivity contribution in [1.82, 2.24) is 20.3 Å². The Balaban J connectivity index is 1.41. The maximum atomic E-state index is 12.7. The summed E-state index contributed by atoms with van der Waals surface area (Å²) in [4.78, 5) is 27.8. The average molecular weight is 361 g/mol. The Morgan fingerprint density at radius 2 is 2.11 bits per heavy atom. The number of nitrogens with zero attached hydrogens (tertiary/aromatic N) is 4. The fourth-order valence-electron chi connectivity index (χ4n) is 3.60. The number of rotatable bonds is 4. The van der Waals surface area contributed by atoms with Crippen LogP contribution < -0.4 is 10.2 Å². The van der Waals surface area contributed by atoms with Crippen LogP contribution in [0.4, 0.5) is 5.69 Å². The molecule has 1 saturated heterocycles. The van der Waals surface area contributed by atoms with Gasteiger partial charge < -0.3 is 10.2 Å². The molecule has 3 aromatic rings. The van der Waals surface area contributed by atoms with Gasteiger partial charge in [0.05, 0.1) is 17.8 Å². The minimum atomic E-state index is -0.0129. The number of hydrogen-bond donors (Lipinski definition) is 1. The third-order valence-electron chi connectivity index (χ3n) is 5.02. The number of piperidine rings is 1. The smallest absolute Gasteiger partial charge is 0.225 e. The molecule has 1 aromatic carbocycles. The van der Waals surface area contributed by atoms with E-state index in [1.54, 1.807) is 12.4 Å². The number of hydrogen-bond acceptors (Lipinski definition) is 5. The molecule has 1 aliphatic rings. The van der Waals surface area contributed by atoms with Gasteiger partial charge in [-0.3, -0.25) is 9.78 Å². The van der Waals surface area contributed by atoms with Gasteiger partial charge in [-0.2, -0.15) is 0 Å². The molecule has 0 bridgehead atoms. The Bertz CT molecular complexity index is 958. The van der Waals surface area contributed by atoms with Gasteiger partial charge in [-0.25, -0.2) is 9.97 Å². The number of nitrogens with one attached hydrogen (secondary N) is 1. The summed E-state index contributed by atoms with van der Waals surface area (Å²) in [6.45, 7) is 4.26. The van der Waals surface area contributed by atoms with Gasteiger partial charge in [0, 0.05) is 32.0 Å². The predicted octanol–water partition coefficient (Wildman–Crippen LogP) is 2.87. The fourth-order valence-corrected chi connectivity index (χ4v) is 3.60. The van der Waals surface area contributed by atoms with Gasteiger partial charge in [-0.05, 0) is 31.4 Å². The van der Waals surface area contributed by atoms with E-state index in [-0.39, 0.29) is 11.8 Å². The quantitative estimate of drug-likeness (QED) is 0.774. The van der Waals surface area contributed by atoms with Crippen LogP contribution in [0.2, 0.25) is 0 Å². The van der Waals surface area contributed by atoms with Gasteiger partial charge in [-0.15, -0.1) is 0 Å². The molecule has 4 rings (SSSR count). The molecular weight excluding hydrogens is 338 g/mol. The van der Waals surface area contributed by atoms with Crippen molar-refractivity contribution < 1.29 is 4.79 Å². The van der Waals surface area contributed by atoms with E-state index < -0.39 is 0 Å². The van der Waals surface area contributed by atoms with E-state index in [0.717, 1.165) is 36.2 Å². The van der Waals surface area contributed by atoms with E-state index in [1.165, 1.54) is 5.56 Å². The summed E-state index contributed by atoms with van der Waals surface area (Å²) in [5.74, 6) is 0.107. The molecule has 27 heavy (non-hydrogen) atoms. The van der Waals surface area contributed by atoms with Crippen LogP contribution in [-0.2, 0) is 11.3 Å². The molecular formula is C21H23N5O. The van der Waals surface area contributed by atoms with Crippen molar-refractivity contribution in [2.45, 2.75) is 26.3 Å². The number of benzene rings is 1. The number of anilines is 1. The predicted molar refractivity (Wildman–Crippen MR) is 105 cm³/mol. The Morgan fingerprint density at radius 3 is 3.00 bits per heavy atom. The van der Waals surface area contributed by atoms with E-state index in [2.05, 4.69) is 44.2 Å². The van der Waals surface area contributed by atoms with E-state index in [0.29, 0.717) is 18.7 Å². The molecule has 0 radical (unpaired) electrons. The number of aryl methyl sites for hydroxylation is 1. The second-order valence-electron chi connectivity index (χ2n) is 7.08. The van der Waals surface area contributed by atoms with Crippen molar-refractivity contribution in [3.05, 3.63) is 60.0 Å². The standard InChI is InChI=1S/C21H23N5O/c1-15-4-2-5-16(10-15)12-25-21(27)17-6-3-9-26(14-17)18-11-19-20(24-13-18)23-8-7-22-19/h2,4-5,7-8,10-11,13,17H,3,6,9,12,14H2,1H3,(H,25,27). The summed E-state index contributed by atoms with van der Waals surface area (Å²) in [5.41, 5.74) is 4.76. The van der Waals surface area contributed by atoms with Crippen molar-refractivity contribution in [1.29, 1.82) is 0 Å². The van der Waals surface area contributed by atoms with Gasteiger partial charge in [-0.1, -0.05) is 29.8 Å². The van der Waals surface area contributed by atoms with Crippen molar-refractivity contribution in [2.75, 3.05) is 18.0 Å². The number of carbonyl (C=O) groups is 1. The molecule has 6 nitrogen and oxygen atoms in total. The minimum absolute atomic E-state index is 0.0129. The zero-order valence-corrected chi connectivity index (χ0v) is 15.4. The van der Waals surface area contributed by atoms with Gasteiger partial charge in [0.1, 0.15) is 5.52 Å². The highest BCUT2D eigenvalue weighted by molar-refractivity contribution is 5.80. The number of amides is 1. The van der Waals surface area contributed by atoms with Crippen LogP contribution in [-0.4, -0.2) is 33.9 Å². The molecule has 0 aliphatic carbocycles. The third-order valence-corrected chi connectivity index (χ3v) is 5.02. The fraction of sp³-hybridized carbons (Fsp3) is 0.333. The lowest BCUT2D eigenvalue weighted by Gasteiger charge is -2.33. The Hall–Kier alpha value is -3.02. The molecule has 1 atom stereocenters. The van der Waals surface area contributed by atoms with E-state index in [9.17, 15) is 4.79 Å². The summed E-state index contributed by atoms with van der Waals surface area (Å²) in [6, 6.07) is 10.2. The van der Waals surface area contributed by atoms with Crippen LogP contribution in [0.1, 0.15) is 24.0 Å². The van der Waals surface area contributed by atoms with Crippen molar-refractivity contribution in [2.24, 2.45) is 5.92 Å². The average Bonchev–Trinajstić information content (AvgIpc) is 2.72. The zero-order chi connectivity index (χ0) is 18.6. The molecule has 0 spiro atoms. The van der Waals surface area contributed by atoms with Crippen LogP contribution >= 0.6 is 0 Å². The number of aromatic nitrogens is 3. The summed E-state index contributed by atoms with van der Waals surface area (Å²) < 4.78 is 0. The Kier molecular flexibility index (Phi) is 4.96. The van der Waals surface area contributed by atoms with Gasteiger partial charge >= 0.3 is 0 Å². The van der Waals surface area contributed by atoms with Crippen LogP contribution in [0.5, 0.6) is 0 Å². The molecule has 1 aliphatic heterocycles. The molecule has 2 aromatic heterocycles. The molecule has 0 saturated carbocycles. The lowest BCUT2D eigenvalue weighted by Crippen LogP contribution is -2.43. The van der Waals surface area contributed by atoms with Gasteiger partial charge in [0.15, 0.2) is 5.65 Å². The summed E-state index contributed by atoms with van der Waals surface area (Å²) in [6.07, 6.45) is 7.04. The summed E-state index contributed by atoms with van der Waals surface area (Å²) in [5, 5.41) is 3.09. The van der Waals surface area contributed by atoms with Crippen molar-refractivity contribution in [3.8, 4) is 0 Å². The normalized spacial score (nSPS) is 17.1. The van der Waals surface area contributed by atoms with E-state index >= 15 is 0 Å². The van der Waals surface area contributed by atoms with Gasteiger partial charge in [0.2, 0.25) is 5.91 Å². The highest BCUT2D eigenvalue weighted by atomic mass is 16.1. The highest BCUT2D eigenvalue weighted by Gasteiger charge is 2.26. The maximum Gasteiger partial charge on any atom is 0.225 e. The number of carbonyl (C=O) groups excluding carboxylic acids is 1. The highest BCUT2D eigenvalue weighted by Crippen LogP contribution is 2.24. The lowest BCUT2D eigenvalue weighted by atomic mass is 9.96. The van der Waals surface area contributed by atoms with Crippen LogP contribution in [0.15, 0.2) is 48.9 Å². The first-order valence-corrected chi connectivity index (χ1v) is 9.34. The Morgan fingerprint density at radius 1 is 1.22 bits per heavy atom. The third kappa shape index (κ3) is 4.05. The molecule has 138 valence electrons. The maximum absolute atomic E-state index is 12.7. The zero-order valence-electron chi connectivity index (χ0n) is 15.4. The molecule has 1 fully saturated rings. The topological polar surface area (TPSA) is 71.0 Å². The first-order valence-electron chi connectivity index (χ1n) is 9.34. The Labute approximate surface area is 158 Å². The van der Waals surface area contributed by atoms with E-state index in [1.807, 2.05) is 24.4 Å². The first-order chi connectivity index (χ1) is 13.2. The number of fused-ring (bicyclic) bond motifs is 1.